The van der Waals surface area contributed by atoms with E-state index in [1.807, 2.05) is 0 Å². The highest BCUT2D eigenvalue weighted by atomic mass is 35.5. The average Bonchev–Trinajstić information content (AvgIpc) is 2.59. The van der Waals surface area contributed by atoms with Gasteiger partial charge in [-0.05, 0) is 43.9 Å². The van der Waals surface area contributed by atoms with Gasteiger partial charge >= 0.3 is 0 Å². The number of carbonyl (C=O) groups is 1. The van der Waals surface area contributed by atoms with Gasteiger partial charge in [0.2, 0.25) is 10.0 Å². The molecule has 2 N–H and O–H groups in total. The predicted octanol–water partition coefficient (Wildman–Crippen LogP) is 2.16. The minimum absolute atomic E-state index is 0.0317. The highest BCUT2D eigenvalue weighted by molar-refractivity contribution is 7.89. The quantitative estimate of drug-likeness (QED) is 0.715. The van der Waals surface area contributed by atoms with E-state index >= 15 is 0 Å². The molecule has 1 aliphatic heterocycles. The number of hydrogen-bond donors (Lipinski definition) is 2. The van der Waals surface area contributed by atoms with Crippen molar-refractivity contribution in [2.24, 2.45) is 0 Å². The van der Waals surface area contributed by atoms with Gasteiger partial charge in [0.05, 0.1) is 18.1 Å². The molecule has 152 valence electrons. The molecule has 0 spiro atoms. The van der Waals surface area contributed by atoms with Crippen molar-refractivity contribution in [2.75, 3.05) is 38.0 Å². The molecule has 8 heteroatoms. The molecule has 1 fully saturated rings. The van der Waals surface area contributed by atoms with Crippen LogP contribution in [0.1, 0.15) is 46.0 Å². The first-order valence-corrected chi connectivity index (χ1v) is 11.6. The van der Waals surface area contributed by atoms with Gasteiger partial charge in [0.1, 0.15) is 4.90 Å². The second-order valence-corrected chi connectivity index (χ2v) is 9.29. The van der Waals surface area contributed by atoms with Gasteiger partial charge in [0.15, 0.2) is 6.54 Å². The Hall–Kier alpha value is -1.15. The molecule has 0 aromatic heterocycles. The number of amides is 1. The number of rotatable bonds is 7. The van der Waals surface area contributed by atoms with Gasteiger partial charge in [-0.2, -0.15) is 4.31 Å². The summed E-state index contributed by atoms with van der Waals surface area (Å²) in [4.78, 5) is 13.8. The van der Waals surface area contributed by atoms with E-state index in [0.717, 1.165) is 25.9 Å². The van der Waals surface area contributed by atoms with Crippen molar-refractivity contribution >= 4 is 33.2 Å². The Kier molecular flexibility index (Phi) is 8.54. The lowest BCUT2D eigenvalue weighted by Crippen LogP contribution is -3.13. The maximum atomic E-state index is 12.8. The number of halogens is 1. The fraction of sp³-hybridized carbons (Fsp3) is 0.632. The van der Waals surface area contributed by atoms with E-state index in [0.29, 0.717) is 25.3 Å². The summed E-state index contributed by atoms with van der Waals surface area (Å²) in [5, 5.41) is 3.00. The predicted molar refractivity (Wildman–Crippen MR) is 109 cm³/mol. The van der Waals surface area contributed by atoms with Crippen molar-refractivity contribution in [1.29, 1.82) is 0 Å². The maximum Gasteiger partial charge on any atom is 0.279 e. The molecule has 1 aromatic rings. The van der Waals surface area contributed by atoms with Crippen LogP contribution in [-0.4, -0.2) is 51.4 Å². The molecule has 2 rings (SSSR count). The molecule has 0 saturated carbocycles. The number of hydrogen-bond acceptors (Lipinski definition) is 3. The van der Waals surface area contributed by atoms with Crippen molar-refractivity contribution in [2.45, 2.75) is 50.8 Å². The number of benzene rings is 1. The Balaban J connectivity index is 2.09. The molecule has 0 aliphatic carbocycles. The lowest BCUT2D eigenvalue weighted by molar-refractivity contribution is -0.892. The maximum absolute atomic E-state index is 12.8. The SMILES string of the molecule is CCN(CC)S(=O)(=O)c1cc(NC(=O)C[NH+]2CCCCCCC2)ccc1Cl. The summed E-state index contributed by atoms with van der Waals surface area (Å²) in [6.07, 6.45) is 6.05. The standard InChI is InChI=1S/C19H30ClN3O3S/c1-3-23(4-2)27(25,26)18-14-16(10-11-17(18)20)21-19(24)15-22-12-8-6-5-7-9-13-22/h10-11,14H,3-9,12-13,15H2,1-2H3,(H,21,24)/p+1. The number of anilines is 1. The Labute approximate surface area is 167 Å². The van der Waals surface area contributed by atoms with Crippen LogP contribution in [-0.2, 0) is 14.8 Å². The fourth-order valence-electron chi connectivity index (χ4n) is 3.50. The van der Waals surface area contributed by atoms with E-state index in [1.165, 1.54) is 40.6 Å². The van der Waals surface area contributed by atoms with Crippen LogP contribution in [0.5, 0.6) is 0 Å². The molecule has 1 amide bonds. The third-order valence-electron chi connectivity index (χ3n) is 5.01. The van der Waals surface area contributed by atoms with Crippen LogP contribution in [0.15, 0.2) is 23.1 Å². The van der Waals surface area contributed by atoms with Gasteiger partial charge in [0.25, 0.3) is 5.91 Å². The second-order valence-electron chi connectivity index (χ2n) is 6.98. The van der Waals surface area contributed by atoms with Gasteiger partial charge in [-0.25, -0.2) is 8.42 Å². The highest BCUT2D eigenvalue weighted by Crippen LogP contribution is 2.27. The van der Waals surface area contributed by atoms with Gasteiger partial charge in [-0.15, -0.1) is 0 Å². The lowest BCUT2D eigenvalue weighted by atomic mass is 10.1. The smallest absolute Gasteiger partial charge is 0.279 e. The van der Waals surface area contributed by atoms with E-state index in [4.69, 9.17) is 11.6 Å². The zero-order chi connectivity index (χ0) is 19.9. The topological polar surface area (TPSA) is 70.9 Å². The van der Waals surface area contributed by atoms with Crippen molar-refractivity contribution < 1.29 is 18.1 Å². The zero-order valence-corrected chi connectivity index (χ0v) is 17.8. The Morgan fingerprint density at radius 1 is 1.11 bits per heavy atom. The number of sulfonamides is 1. The molecular weight excluding hydrogens is 386 g/mol. The van der Waals surface area contributed by atoms with Crippen molar-refractivity contribution in [3.63, 3.8) is 0 Å². The van der Waals surface area contributed by atoms with Crippen LogP contribution in [0.25, 0.3) is 0 Å². The number of carbonyl (C=O) groups excluding carboxylic acids is 1. The van der Waals surface area contributed by atoms with E-state index in [2.05, 4.69) is 5.32 Å². The minimum atomic E-state index is -3.68. The summed E-state index contributed by atoms with van der Waals surface area (Å²) in [5.41, 5.74) is 0.460. The average molecular weight is 417 g/mol. The molecule has 0 bridgehead atoms. The summed E-state index contributed by atoms with van der Waals surface area (Å²) < 4.78 is 26.9. The molecule has 0 radical (unpaired) electrons. The summed E-state index contributed by atoms with van der Waals surface area (Å²) >= 11 is 6.14. The third-order valence-corrected chi connectivity index (χ3v) is 7.54. The molecule has 1 aromatic carbocycles. The summed E-state index contributed by atoms with van der Waals surface area (Å²) in [6.45, 7) is 6.72. The first-order chi connectivity index (χ1) is 12.9. The number of likely N-dealkylation sites (tertiary alicyclic amines) is 1. The van der Waals surface area contributed by atoms with Gasteiger partial charge < -0.3 is 10.2 Å². The number of quaternary nitrogens is 1. The first-order valence-electron chi connectivity index (χ1n) is 9.81. The molecular formula is C19H31ClN3O3S+. The van der Waals surface area contributed by atoms with Gasteiger partial charge in [0, 0.05) is 18.8 Å². The van der Waals surface area contributed by atoms with Crippen LogP contribution in [0, 0.1) is 0 Å². The van der Waals surface area contributed by atoms with Crippen LogP contribution in [0.3, 0.4) is 0 Å². The molecule has 1 saturated heterocycles. The van der Waals surface area contributed by atoms with Gasteiger partial charge in [-0.1, -0.05) is 31.9 Å². The van der Waals surface area contributed by atoms with E-state index < -0.39 is 10.0 Å². The van der Waals surface area contributed by atoms with Gasteiger partial charge in [-0.3, -0.25) is 4.79 Å². The van der Waals surface area contributed by atoms with E-state index in [1.54, 1.807) is 19.9 Å². The Morgan fingerprint density at radius 2 is 1.70 bits per heavy atom. The zero-order valence-electron chi connectivity index (χ0n) is 16.3. The Morgan fingerprint density at radius 3 is 2.30 bits per heavy atom. The molecule has 1 aliphatic rings. The third kappa shape index (κ3) is 6.17. The normalized spacial score (nSPS) is 16.7. The van der Waals surface area contributed by atoms with E-state index in [9.17, 15) is 13.2 Å². The van der Waals surface area contributed by atoms with E-state index in [-0.39, 0.29) is 15.8 Å². The largest absolute Gasteiger partial charge is 0.327 e. The van der Waals surface area contributed by atoms with Crippen LogP contribution in [0.4, 0.5) is 5.69 Å². The first kappa shape index (κ1) is 22.1. The van der Waals surface area contributed by atoms with Crippen molar-refractivity contribution in [3.05, 3.63) is 23.2 Å². The monoisotopic (exact) mass is 416 g/mol. The molecule has 27 heavy (non-hydrogen) atoms. The molecule has 1 heterocycles. The highest BCUT2D eigenvalue weighted by Gasteiger charge is 2.25. The van der Waals surface area contributed by atoms with Crippen LogP contribution in [0.2, 0.25) is 5.02 Å². The second kappa shape index (κ2) is 10.4. The van der Waals surface area contributed by atoms with Crippen LogP contribution >= 0.6 is 11.6 Å². The lowest BCUT2D eigenvalue weighted by Gasteiger charge is -2.22. The van der Waals surface area contributed by atoms with Crippen LogP contribution < -0.4 is 10.2 Å². The number of nitrogens with one attached hydrogen (secondary N) is 2. The van der Waals surface area contributed by atoms with Crippen molar-refractivity contribution in [1.82, 2.24) is 4.31 Å². The Bertz CT molecular complexity index is 728. The molecule has 0 unspecified atom stereocenters. The fourth-order valence-corrected chi connectivity index (χ4v) is 5.45. The summed E-state index contributed by atoms with van der Waals surface area (Å²) in [7, 11) is -3.68. The van der Waals surface area contributed by atoms with Crippen molar-refractivity contribution in [3.8, 4) is 0 Å². The summed E-state index contributed by atoms with van der Waals surface area (Å²) in [6, 6.07) is 4.62. The number of nitrogens with zero attached hydrogens (tertiary/aromatic N) is 1. The summed E-state index contributed by atoms with van der Waals surface area (Å²) in [5.74, 6) is -0.0981. The molecule has 0 atom stereocenters. The molecule has 6 nitrogen and oxygen atoms in total. The minimum Gasteiger partial charge on any atom is -0.327 e.